The molecule has 0 aliphatic carbocycles. The molecule has 11 nitrogen and oxygen atoms in total. The van der Waals surface area contributed by atoms with E-state index in [4.69, 9.17) is 16.2 Å². The molecule has 0 fully saturated rings. The summed E-state index contributed by atoms with van der Waals surface area (Å²) in [4.78, 5) is 26.6. The lowest BCUT2D eigenvalue weighted by molar-refractivity contribution is -0.139. The smallest absolute Gasteiger partial charge is 0.323 e. The molecule has 1 aromatic carbocycles. The van der Waals surface area contributed by atoms with Crippen LogP contribution in [0.5, 0.6) is 0 Å². The number of amides is 1. The van der Waals surface area contributed by atoms with Crippen LogP contribution in [0.3, 0.4) is 0 Å². The minimum Gasteiger partial charge on any atom is -0.480 e. The molecule has 0 saturated carbocycles. The van der Waals surface area contributed by atoms with Crippen LogP contribution >= 0.6 is 0 Å². The summed E-state index contributed by atoms with van der Waals surface area (Å²) < 4.78 is 31.5. The number of guanidine groups is 1. The van der Waals surface area contributed by atoms with Gasteiger partial charge in [0.25, 0.3) is 0 Å². The van der Waals surface area contributed by atoms with Gasteiger partial charge in [0, 0.05) is 19.7 Å². The largest absolute Gasteiger partial charge is 0.480 e. The van der Waals surface area contributed by atoms with Gasteiger partial charge in [0.15, 0.2) is 5.96 Å². The Morgan fingerprint density at radius 3 is 2.48 bits per heavy atom. The van der Waals surface area contributed by atoms with E-state index in [1.165, 1.54) is 24.3 Å². The van der Waals surface area contributed by atoms with E-state index >= 15 is 0 Å². The molecule has 150 valence electrons. The number of rotatable bonds is 12. The third kappa shape index (κ3) is 8.99. The highest BCUT2D eigenvalue weighted by atomic mass is 32.2. The zero-order chi connectivity index (χ0) is 20.3. The quantitative estimate of drug-likeness (QED) is 0.154. The van der Waals surface area contributed by atoms with Crippen LogP contribution in [0, 0.1) is 0 Å². The molecule has 1 atom stereocenters. The van der Waals surface area contributed by atoms with E-state index in [9.17, 15) is 23.1 Å². The molecular weight excluding hydrogens is 378 g/mol. The van der Waals surface area contributed by atoms with Crippen LogP contribution in [-0.4, -0.2) is 63.7 Å². The first-order valence-corrected chi connectivity index (χ1v) is 9.40. The monoisotopic (exact) mass is 401 g/mol. The van der Waals surface area contributed by atoms with Crippen molar-refractivity contribution < 1.29 is 27.9 Å². The minimum absolute atomic E-state index is 0.0367. The fourth-order valence-corrected chi connectivity index (χ4v) is 3.05. The van der Waals surface area contributed by atoms with E-state index < -0.39 is 34.5 Å². The van der Waals surface area contributed by atoms with Crippen molar-refractivity contribution in [2.75, 3.05) is 26.3 Å². The summed E-state index contributed by atoms with van der Waals surface area (Å²) in [5, 5.41) is 11.5. The molecule has 1 amide bonds. The van der Waals surface area contributed by atoms with E-state index in [-0.39, 0.29) is 24.1 Å². The Labute approximate surface area is 156 Å². The van der Waals surface area contributed by atoms with Crippen molar-refractivity contribution in [1.29, 1.82) is 0 Å². The molecular formula is C15H23N5O6S. The maximum absolute atomic E-state index is 12.2. The van der Waals surface area contributed by atoms with Gasteiger partial charge >= 0.3 is 5.97 Å². The molecule has 0 aliphatic heterocycles. The summed E-state index contributed by atoms with van der Waals surface area (Å²) in [7, 11) is -4.03. The molecule has 7 N–H and O–H groups in total. The van der Waals surface area contributed by atoms with Crippen molar-refractivity contribution in [1.82, 2.24) is 10.0 Å². The molecule has 1 aromatic rings. The second-order valence-electron chi connectivity index (χ2n) is 5.34. The SMILES string of the molecule is NC(N)=NCCCOCC(=O)NCC(NS(=O)(=O)c1ccccc1)C(=O)O. The molecule has 0 saturated heterocycles. The average Bonchev–Trinajstić information content (AvgIpc) is 2.61. The Morgan fingerprint density at radius 1 is 1.22 bits per heavy atom. The second kappa shape index (κ2) is 11.1. The molecule has 0 radical (unpaired) electrons. The molecule has 12 heteroatoms. The van der Waals surface area contributed by atoms with Crippen molar-refractivity contribution in [3.63, 3.8) is 0 Å². The topological polar surface area (TPSA) is 186 Å². The standard InChI is InChI=1S/C15H23N5O6S/c16-15(17)18-7-4-8-26-10-13(21)19-9-12(14(22)23)20-27(24,25)11-5-2-1-3-6-11/h1-3,5-6,12,20H,4,7-10H2,(H,19,21)(H,22,23)(H4,16,17,18). The fourth-order valence-electron chi connectivity index (χ4n) is 1.84. The third-order valence-corrected chi connectivity index (χ3v) is 4.61. The number of ether oxygens (including phenoxy) is 1. The Kier molecular flexibility index (Phi) is 9.19. The normalized spacial score (nSPS) is 12.1. The number of benzene rings is 1. The summed E-state index contributed by atoms with van der Waals surface area (Å²) in [6, 6.07) is 5.78. The van der Waals surface area contributed by atoms with Crippen molar-refractivity contribution in [3.05, 3.63) is 30.3 Å². The maximum atomic E-state index is 12.2. The van der Waals surface area contributed by atoms with Crippen LogP contribution in [-0.2, 0) is 24.3 Å². The van der Waals surface area contributed by atoms with Gasteiger partial charge in [-0.05, 0) is 18.6 Å². The van der Waals surface area contributed by atoms with Gasteiger partial charge in [-0.25, -0.2) is 8.42 Å². The molecule has 1 unspecified atom stereocenters. The van der Waals surface area contributed by atoms with Gasteiger partial charge in [0.2, 0.25) is 15.9 Å². The summed E-state index contributed by atoms with van der Waals surface area (Å²) in [6.07, 6.45) is 0.500. The van der Waals surface area contributed by atoms with Crippen molar-refractivity contribution in [2.45, 2.75) is 17.4 Å². The van der Waals surface area contributed by atoms with Gasteiger partial charge in [-0.1, -0.05) is 18.2 Å². The highest BCUT2D eigenvalue weighted by Crippen LogP contribution is 2.07. The predicted molar refractivity (Wildman–Crippen MR) is 97.3 cm³/mol. The minimum atomic E-state index is -4.03. The number of nitrogens with one attached hydrogen (secondary N) is 2. The number of carboxylic acid groups (broad SMARTS) is 1. The number of nitrogens with zero attached hydrogens (tertiary/aromatic N) is 1. The summed E-state index contributed by atoms with van der Waals surface area (Å²) in [5.41, 5.74) is 10.3. The first-order valence-electron chi connectivity index (χ1n) is 7.92. The lowest BCUT2D eigenvalue weighted by Gasteiger charge is -2.15. The average molecular weight is 401 g/mol. The number of carbonyl (C=O) groups is 2. The number of carboxylic acids is 1. The Hall–Kier alpha value is -2.70. The molecule has 1 rings (SSSR count). The Bertz CT molecular complexity index is 749. The van der Waals surface area contributed by atoms with Gasteiger partial charge in [0.05, 0.1) is 4.90 Å². The molecule has 0 aromatic heterocycles. The van der Waals surface area contributed by atoms with Gasteiger partial charge < -0.3 is 26.6 Å². The van der Waals surface area contributed by atoms with E-state index in [1.54, 1.807) is 6.07 Å². The molecule has 0 heterocycles. The Balaban J connectivity index is 2.43. The van der Waals surface area contributed by atoms with Gasteiger partial charge in [-0.2, -0.15) is 4.72 Å². The Morgan fingerprint density at radius 2 is 1.89 bits per heavy atom. The van der Waals surface area contributed by atoms with Crippen LogP contribution in [0.15, 0.2) is 40.2 Å². The van der Waals surface area contributed by atoms with Gasteiger partial charge in [0.1, 0.15) is 12.6 Å². The van der Waals surface area contributed by atoms with Gasteiger partial charge in [-0.3, -0.25) is 14.6 Å². The molecule has 0 bridgehead atoms. The number of nitrogens with two attached hydrogens (primary N) is 2. The lowest BCUT2D eigenvalue weighted by Crippen LogP contribution is -2.48. The number of carbonyl (C=O) groups excluding carboxylic acids is 1. The number of aliphatic carboxylic acids is 1. The van der Waals surface area contributed by atoms with Crippen LogP contribution in [0.1, 0.15) is 6.42 Å². The predicted octanol–water partition coefficient (Wildman–Crippen LogP) is -1.79. The van der Waals surface area contributed by atoms with Gasteiger partial charge in [-0.15, -0.1) is 0 Å². The number of aliphatic imine (C=N–C) groups is 1. The molecule has 27 heavy (non-hydrogen) atoms. The van der Waals surface area contributed by atoms with E-state index in [2.05, 4.69) is 10.3 Å². The van der Waals surface area contributed by atoms with E-state index in [1.807, 2.05) is 4.72 Å². The number of sulfonamides is 1. The number of hydrogen-bond donors (Lipinski definition) is 5. The van der Waals surface area contributed by atoms with E-state index in [0.29, 0.717) is 13.0 Å². The first-order chi connectivity index (χ1) is 12.7. The van der Waals surface area contributed by atoms with Crippen LogP contribution in [0.25, 0.3) is 0 Å². The second-order valence-corrected chi connectivity index (χ2v) is 7.06. The third-order valence-electron chi connectivity index (χ3n) is 3.13. The zero-order valence-corrected chi connectivity index (χ0v) is 15.3. The zero-order valence-electron chi connectivity index (χ0n) is 14.5. The van der Waals surface area contributed by atoms with Crippen molar-refractivity contribution in [3.8, 4) is 0 Å². The summed E-state index contributed by atoms with van der Waals surface area (Å²) in [5.74, 6) is -2.04. The maximum Gasteiger partial charge on any atom is 0.323 e. The molecule has 0 aliphatic rings. The van der Waals surface area contributed by atoms with Crippen LogP contribution < -0.4 is 21.5 Å². The lowest BCUT2D eigenvalue weighted by atomic mass is 10.3. The summed E-state index contributed by atoms with van der Waals surface area (Å²) in [6.45, 7) is -0.156. The number of hydrogen-bond acceptors (Lipinski definition) is 6. The summed E-state index contributed by atoms with van der Waals surface area (Å²) >= 11 is 0. The first kappa shape index (κ1) is 22.3. The van der Waals surface area contributed by atoms with Crippen molar-refractivity contribution in [2.24, 2.45) is 16.5 Å². The fraction of sp³-hybridized carbons (Fsp3) is 0.400. The highest BCUT2D eigenvalue weighted by molar-refractivity contribution is 7.89. The van der Waals surface area contributed by atoms with Crippen LogP contribution in [0.2, 0.25) is 0 Å². The molecule has 0 spiro atoms. The van der Waals surface area contributed by atoms with E-state index in [0.717, 1.165) is 0 Å². The van der Waals surface area contributed by atoms with Crippen LogP contribution in [0.4, 0.5) is 0 Å². The highest BCUT2D eigenvalue weighted by Gasteiger charge is 2.25. The van der Waals surface area contributed by atoms with Crippen molar-refractivity contribution >= 4 is 27.9 Å².